The van der Waals surface area contributed by atoms with Crippen LogP contribution in [0, 0.1) is 5.92 Å². The van der Waals surface area contributed by atoms with Crippen LogP contribution in [0.2, 0.25) is 0 Å². The van der Waals surface area contributed by atoms with Crippen LogP contribution in [-0.4, -0.2) is 60.0 Å². The maximum Gasteiger partial charge on any atom is 0.320 e. The molecule has 2 aliphatic heterocycles. The normalized spacial score (nSPS) is 27.3. The zero-order valence-electron chi connectivity index (χ0n) is 14.1. The number of carbonyl (C=O) groups is 2. The monoisotopic (exact) mass is 322 g/mol. The van der Waals surface area contributed by atoms with Gasteiger partial charge in [-0.2, -0.15) is 0 Å². The molecule has 23 heavy (non-hydrogen) atoms. The van der Waals surface area contributed by atoms with E-state index in [1.807, 2.05) is 9.80 Å². The minimum atomic E-state index is -0.196. The number of carbonyl (C=O) groups excluding carboxylic acids is 2. The van der Waals surface area contributed by atoms with Crippen molar-refractivity contribution in [2.45, 2.75) is 56.9 Å². The van der Waals surface area contributed by atoms with Gasteiger partial charge in [0, 0.05) is 32.7 Å². The van der Waals surface area contributed by atoms with E-state index in [1.165, 1.54) is 0 Å². The molecule has 1 aliphatic carbocycles. The van der Waals surface area contributed by atoms with Gasteiger partial charge in [0.25, 0.3) is 0 Å². The summed E-state index contributed by atoms with van der Waals surface area (Å²) in [5.74, 6) is 0.00981. The Balaban J connectivity index is 1.57. The average Bonchev–Trinajstić information content (AvgIpc) is 3.26. The van der Waals surface area contributed by atoms with Crippen molar-refractivity contribution >= 4 is 11.9 Å². The molecule has 130 valence electrons. The number of nitrogens with zero attached hydrogens (tertiary/aromatic N) is 2. The third kappa shape index (κ3) is 3.62. The summed E-state index contributed by atoms with van der Waals surface area (Å²) < 4.78 is 0. The Hall–Kier alpha value is -1.30. The van der Waals surface area contributed by atoms with Gasteiger partial charge in [0.2, 0.25) is 5.91 Å². The first-order valence-corrected chi connectivity index (χ1v) is 9.19. The van der Waals surface area contributed by atoms with E-state index in [4.69, 9.17) is 5.73 Å². The highest BCUT2D eigenvalue weighted by atomic mass is 16.2. The van der Waals surface area contributed by atoms with Gasteiger partial charge in [-0.3, -0.25) is 4.79 Å². The van der Waals surface area contributed by atoms with E-state index < -0.39 is 0 Å². The first-order chi connectivity index (χ1) is 11.1. The van der Waals surface area contributed by atoms with Gasteiger partial charge in [-0.1, -0.05) is 12.8 Å². The summed E-state index contributed by atoms with van der Waals surface area (Å²) in [7, 11) is 0. The van der Waals surface area contributed by atoms with E-state index in [-0.39, 0.29) is 23.4 Å². The van der Waals surface area contributed by atoms with Crippen LogP contribution in [0.4, 0.5) is 4.79 Å². The fourth-order valence-corrected chi connectivity index (χ4v) is 4.27. The second kappa shape index (κ2) is 7.07. The molecule has 1 atom stereocenters. The highest BCUT2D eigenvalue weighted by Gasteiger charge is 2.37. The quantitative estimate of drug-likeness (QED) is 0.822. The van der Waals surface area contributed by atoms with E-state index in [0.717, 1.165) is 71.0 Å². The molecule has 0 radical (unpaired) electrons. The van der Waals surface area contributed by atoms with E-state index in [9.17, 15) is 9.59 Å². The molecule has 3 amide bonds. The number of likely N-dealkylation sites (tertiary alicyclic amines) is 2. The van der Waals surface area contributed by atoms with Gasteiger partial charge in [-0.25, -0.2) is 4.79 Å². The van der Waals surface area contributed by atoms with Gasteiger partial charge in [0.1, 0.15) is 0 Å². The van der Waals surface area contributed by atoms with Crippen molar-refractivity contribution in [3.05, 3.63) is 0 Å². The van der Waals surface area contributed by atoms with Crippen LogP contribution in [-0.2, 0) is 4.79 Å². The van der Waals surface area contributed by atoms with Crippen molar-refractivity contribution in [1.82, 2.24) is 15.1 Å². The molecule has 3 rings (SSSR count). The summed E-state index contributed by atoms with van der Waals surface area (Å²) in [6.07, 6.45) is 8.23. The van der Waals surface area contributed by atoms with E-state index in [0.29, 0.717) is 13.1 Å². The Morgan fingerprint density at radius 2 is 1.65 bits per heavy atom. The zero-order valence-corrected chi connectivity index (χ0v) is 14.1. The van der Waals surface area contributed by atoms with E-state index >= 15 is 0 Å². The molecular weight excluding hydrogens is 292 g/mol. The van der Waals surface area contributed by atoms with Crippen LogP contribution >= 0.6 is 0 Å². The fourth-order valence-electron chi connectivity index (χ4n) is 4.27. The molecule has 0 spiro atoms. The van der Waals surface area contributed by atoms with Crippen molar-refractivity contribution in [3.8, 4) is 0 Å². The Kier molecular flexibility index (Phi) is 5.09. The molecule has 1 unspecified atom stereocenters. The van der Waals surface area contributed by atoms with Crippen LogP contribution in [0.25, 0.3) is 0 Å². The lowest BCUT2D eigenvalue weighted by Gasteiger charge is -2.37. The second-order valence-electron chi connectivity index (χ2n) is 7.44. The summed E-state index contributed by atoms with van der Waals surface area (Å²) in [4.78, 5) is 29.0. The number of rotatable bonds is 3. The Morgan fingerprint density at radius 3 is 2.30 bits per heavy atom. The topological polar surface area (TPSA) is 78.7 Å². The lowest BCUT2D eigenvalue weighted by Crippen LogP contribution is -2.56. The fraction of sp³-hybridized carbons (Fsp3) is 0.882. The van der Waals surface area contributed by atoms with Crippen molar-refractivity contribution in [1.29, 1.82) is 0 Å². The molecule has 3 aliphatic rings. The lowest BCUT2D eigenvalue weighted by atomic mass is 9.93. The first-order valence-electron chi connectivity index (χ1n) is 9.19. The van der Waals surface area contributed by atoms with Crippen LogP contribution in [0.5, 0.6) is 0 Å². The summed E-state index contributed by atoms with van der Waals surface area (Å²) in [6, 6.07) is 0.120. The van der Waals surface area contributed by atoms with Crippen molar-refractivity contribution in [2.24, 2.45) is 11.7 Å². The lowest BCUT2D eigenvalue weighted by molar-refractivity contribution is -0.128. The molecule has 2 heterocycles. The molecule has 6 heteroatoms. The highest BCUT2D eigenvalue weighted by molar-refractivity contribution is 5.81. The van der Waals surface area contributed by atoms with Crippen molar-refractivity contribution in [3.63, 3.8) is 0 Å². The van der Waals surface area contributed by atoms with Gasteiger partial charge in [-0.05, 0) is 38.5 Å². The largest absolute Gasteiger partial charge is 0.349 e. The first kappa shape index (κ1) is 16.6. The number of nitrogens with one attached hydrogen (secondary N) is 1. The minimum absolute atomic E-state index is 0.0840. The molecule has 3 fully saturated rings. The molecular formula is C17H30N4O2. The van der Waals surface area contributed by atoms with Gasteiger partial charge in [0.05, 0.1) is 11.5 Å². The third-order valence-corrected chi connectivity index (χ3v) is 5.78. The number of hydrogen-bond donors (Lipinski definition) is 2. The number of piperidine rings is 1. The number of hydrogen-bond acceptors (Lipinski definition) is 3. The minimum Gasteiger partial charge on any atom is -0.349 e. The number of urea groups is 1. The molecule has 0 aromatic rings. The average molecular weight is 322 g/mol. The SMILES string of the molecule is NCC1(NC(=O)C2CCCN(C(=O)N3CCCC3)C2)CCCC1. The Morgan fingerprint density at radius 1 is 1.00 bits per heavy atom. The van der Waals surface area contributed by atoms with Crippen LogP contribution in [0.1, 0.15) is 51.4 Å². The van der Waals surface area contributed by atoms with Gasteiger partial charge in [0.15, 0.2) is 0 Å². The molecule has 3 N–H and O–H groups in total. The van der Waals surface area contributed by atoms with E-state index in [2.05, 4.69) is 5.32 Å². The maximum atomic E-state index is 12.7. The molecule has 0 bridgehead atoms. The smallest absolute Gasteiger partial charge is 0.320 e. The maximum absolute atomic E-state index is 12.7. The highest BCUT2D eigenvalue weighted by Crippen LogP contribution is 2.29. The molecule has 0 aromatic heterocycles. The predicted octanol–water partition coefficient (Wildman–Crippen LogP) is 1.30. The second-order valence-corrected chi connectivity index (χ2v) is 7.44. The van der Waals surface area contributed by atoms with Crippen LogP contribution in [0.3, 0.4) is 0 Å². The number of amides is 3. The number of nitrogens with two attached hydrogens (primary N) is 1. The molecule has 0 aromatic carbocycles. The standard InChI is InChI=1S/C17H30N4O2/c18-13-17(7-1-2-8-17)19-15(22)14-6-5-11-21(12-14)16(23)20-9-3-4-10-20/h14H,1-13,18H2,(H,19,22). The predicted molar refractivity (Wildman–Crippen MR) is 88.9 cm³/mol. The summed E-state index contributed by atoms with van der Waals surface area (Å²) in [6.45, 7) is 3.58. The molecule has 6 nitrogen and oxygen atoms in total. The Bertz CT molecular complexity index is 442. The van der Waals surface area contributed by atoms with Gasteiger partial charge in [-0.15, -0.1) is 0 Å². The molecule has 1 saturated carbocycles. The summed E-state index contributed by atoms with van der Waals surface area (Å²) in [5, 5.41) is 3.23. The zero-order chi connectivity index (χ0) is 16.3. The van der Waals surface area contributed by atoms with E-state index in [1.54, 1.807) is 0 Å². The molecule has 2 saturated heterocycles. The van der Waals surface area contributed by atoms with Crippen molar-refractivity contribution in [2.75, 3.05) is 32.7 Å². The van der Waals surface area contributed by atoms with Crippen molar-refractivity contribution < 1.29 is 9.59 Å². The summed E-state index contributed by atoms with van der Waals surface area (Å²) >= 11 is 0. The van der Waals surface area contributed by atoms with Gasteiger partial charge >= 0.3 is 6.03 Å². The van der Waals surface area contributed by atoms with Crippen LogP contribution < -0.4 is 11.1 Å². The summed E-state index contributed by atoms with van der Waals surface area (Å²) in [5.41, 5.74) is 5.72. The third-order valence-electron chi connectivity index (χ3n) is 5.78. The van der Waals surface area contributed by atoms with Gasteiger partial charge < -0.3 is 20.9 Å². The Labute approximate surface area is 138 Å². The van der Waals surface area contributed by atoms with Crippen LogP contribution in [0.15, 0.2) is 0 Å².